The summed E-state index contributed by atoms with van der Waals surface area (Å²) in [5.74, 6) is 0.698. The maximum atomic E-state index is 13.9. The highest BCUT2D eigenvalue weighted by Gasteiger charge is 2.21. The minimum atomic E-state index is -0.338. The third kappa shape index (κ3) is 2.74. The molecule has 1 aliphatic heterocycles. The van der Waals surface area contributed by atoms with Gasteiger partial charge in [-0.25, -0.2) is 4.39 Å². The summed E-state index contributed by atoms with van der Waals surface area (Å²) in [7, 11) is 0. The average Bonchev–Trinajstić information content (AvgIpc) is 2.52. The number of benzene rings is 2. The number of nitriles is 1. The van der Waals surface area contributed by atoms with Crippen molar-refractivity contribution in [2.45, 2.75) is 24.3 Å². The van der Waals surface area contributed by atoms with E-state index in [0.29, 0.717) is 16.8 Å². The van der Waals surface area contributed by atoms with Gasteiger partial charge in [0.25, 0.3) is 0 Å². The predicted octanol–water partition coefficient (Wildman–Crippen LogP) is 4.65. The zero-order chi connectivity index (χ0) is 14.8. The number of anilines is 1. The van der Waals surface area contributed by atoms with Gasteiger partial charge in [0.2, 0.25) is 0 Å². The van der Waals surface area contributed by atoms with Crippen LogP contribution >= 0.6 is 11.8 Å². The summed E-state index contributed by atoms with van der Waals surface area (Å²) in [5.41, 5.74) is 2.86. The van der Waals surface area contributed by atoms with Crippen LogP contribution in [0.15, 0.2) is 41.3 Å². The van der Waals surface area contributed by atoms with E-state index in [1.165, 1.54) is 16.5 Å². The molecule has 1 heterocycles. The molecule has 0 radical (unpaired) electrons. The molecule has 1 unspecified atom stereocenters. The number of nitrogens with one attached hydrogen (secondary N) is 1. The fourth-order valence-electron chi connectivity index (χ4n) is 2.57. The van der Waals surface area contributed by atoms with E-state index in [9.17, 15) is 4.39 Å². The van der Waals surface area contributed by atoms with Crippen LogP contribution in [-0.2, 0) is 0 Å². The van der Waals surface area contributed by atoms with Crippen molar-refractivity contribution in [1.29, 1.82) is 5.26 Å². The smallest absolute Gasteiger partial charge is 0.129 e. The summed E-state index contributed by atoms with van der Waals surface area (Å²) in [4.78, 5) is 1.27. The Morgan fingerprint density at radius 1 is 1.33 bits per heavy atom. The van der Waals surface area contributed by atoms with Crippen molar-refractivity contribution in [1.82, 2.24) is 0 Å². The van der Waals surface area contributed by atoms with Crippen molar-refractivity contribution >= 4 is 17.4 Å². The third-order valence-corrected chi connectivity index (χ3v) is 4.88. The second-order valence-electron chi connectivity index (χ2n) is 5.11. The van der Waals surface area contributed by atoms with E-state index in [-0.39, 0.29) is 11.9 Å². The molecule has 2 nitrogen and oxygen atoms in total. The minimum absolute atomic E-state index is 0.162. The highest BCUT2D eigenvalue weighted by atomic mass is 32.2. The summed E-state index contributed by atoms with van der Waals surface area (Å²) < 4.78 is 13.9. The van der Waals surface area contributed by atoms with Crippen LogP contribution in [0.25, 0.3) is 0 Å². The van der Waals surface area contributed by atoms with E-state index in [1.54, 1.807) is 13.0 Å². The summed E-state index contributed by atoms with van der Waals surface area (Å²) in [6.45, 7) is 1.74. The molecule has 106 valence electrons. The molecule has 2 aromatic rings. The molecule has 4 heteroatoms. The van der Waals surface area contributed by atoms with Gasteiger partial charge in [0.15, 0.2) is 0 Å². The Morgan fingerprint density at radius 3 is 2.95 bits per heavy atom. The monoisotopic (exact) mass is 298 g/mol. The van der Waals surface area contributed by atoms with Crippen molar-refractivity contribution in [3.63, 3.8) is 0 Å². The van der Waals surface area contributed by atoms with Gasteiger partial charge >= 0.3 is 0 Å². The van der Waals surface area contributed by atoms with Gasteiger partial charge in [-0.3, -0.25) is 0 Å². The molecular weight excluding hydrogens is 283 g/mol. The molecule has 0 spiro atoms. The van der Waals surface area contributed by atoms with E-state index < -0.39 is 0 Å². The topological polar surface area (TPSA) is 35.8 Å². The fourth-order valence-corrected chi connectivity index (χ4v) is 3.70. The highest BCUT2D eigenvalue weighted by Crippen LogP contribution is 2.38. The van der Waals surface area contributed by atoms with Crippen molar-refractivity contribution in [3.05, 3.63) is 58.9 Å². The molecule has 2 aromatic carbocycles. The van der Waals surface area contributed by atoms with Gasteiger partial charge < -0.3 is 5.32 Å². The Kier molecular flexibility index (Phi) is 3.85. The minimum Gasteiger partial charge on any atom is -0.378 e. The molecule has 0 amide bonds. The van der Waals surface area contributed by atoms with Gasteiger partial charge in [-0.1, -0.05) is 18.2 Å². The van der Waals surface area contributed by atoms with Crippen molar-refractivity contribution in [3.8, 4) is 6.07 Å². The average molecular weight is 298 g/mol. The van der Waals surface area contributed by atoms with E-state index in [4.69, 9.17) is 5.26 Å². The molecule has 1 atom stereocenters. The first-order chi connectivity index (χ1) is 10.2. The van der Waals surface area contributed by atoms with Gasteiger partial charge in [-0.05, 0) is 37.1 Å². The van der Waals surface area contributed by atoms with Crippen LogP contribution in [0.3, 0.4) is 0 Å². The Hall–Kier alpha value is -1.99. The lowest BCUT2D eigenvalue weighted by atomic mass is 10.0. The molecule has 3 rings (SSSR count). The summed E-state index contributed by atoms with van der Waals surface area (Å²) in [6, 6.07) is 13.5. The summed E-state index contributed by atoms with van der Waals surface area (Å²) >= 11 is 1.85. The van der Waals surface area contributed by atoms with E-state index in [2.05, 4.69) is 17.4 Å². The van der Waals surface area contributed by atoms with Crippen LogP contribution in [0.1, 0.15) is 29.2 Å². The van der Waals surface area contributed by atoms with Gasteiger partial charge in [0.05, 0.1) is 17.7 Å². The van der Waals surface area contributed by atoms with Crippen molar-refractivity contribution < 1.29 is 4.39 Å². The molecule has 0 aliphatic carbocycles. The lowest BCUT2D eigenvalue weighted by Crippen LogP contribution is -2.17. The largest absolute Gasteiger partial charge is 0.378 e. The van der Waals surface area contributed by atoms with Crippen LogP contribution in [0.2, 0.25) is 0 Å². The maximum absolute atomic E-state index is 13.9. The lowest BCUT2D eigenvalue weighted by Gasteiger charge is -2.27. The maximum Gasteiger partial charge on any atom is 0.129 e. The van der Waals surface area contributed by atoms with E-state index in [0.717, 1.165) is 12.2 Å². The van der Waals surface area contributed by atoms with Crippen molar-refractivity contribution in [2.75, 3.05) is 11.1 Å². The summed E-state index contributed by atoms with van der Waals surface area (Å²) in [6.07, 6.45) is 0.986. The number of halogens is 1. The van der Waals surface area contributed by atoms with Crippen LogP contribution < -0.4 is 5.32 Å². The number of hydrogen-bond acceptors (Lipinski definition) is 3. The molecular formula is C17H15FN2S. The molecule has 0 aromatic heterocycles. The van der Waals surface area contributed by atoms with Gasteiger partial charge in [0, 0.05) is 21.9 Å². The first-order valence-electron chi connectivity index (χ1n) is 6.87. The molecule has 0 fully saturated rings. The normalized spacial score (nSPS) is 16.9. The number of fused-ring (bicyclic) bond motifs is 1. The van der Waals surface area contributed by atoms with Gasteiger partial charge in [-0.2, -0.15) is 5.26 Å². The number of thioether (sulfide) groups is 1. The van der Waals surface area contributed by atoms with Gasteiger partial charge in [0.1, 0.15) is 5.82 Å². The van der Waals surface area contributed by atoms with Crippen LogP contribution in [0.4, 0.5) is 10.1 Å². The summed E-state index contributed by atoms with van der Waals surface area (Å²) in [5, 5.41) is 12.4. The Balaban J connectivity index is 1.95. The zero-order valence-electron chi connectivity index (χ0n) is 11.7. The fraction of sp³-hybridized carbons (Fsp3) is 0.235. The Bertz CT molecular complexity index is 721. The molecule has 0 bridgehead atoms. The Labute approximate surface area is 128 Å². The standard InChI is InChI=1S/C17H15FN2S/c1-11-14(18)8-12(10-19)9-16(11)20-15-6-7-21-17-5-3-2-4-13(15)17/h2-5,8-9,15,20H,6-7H2,1H3. The first-order valence-corrected chi connectivity index (χ1v) is 7.86. The van der Waals surface area contributed by atoms with E-state index in [1.807, 2.05) is 30.0 Å². The predicted molar refractivity (Wildman–Crippen MR) is 84.0 cm³/mol. The molecule has 1 N–H and O–H groups in total. The highest BCUT2D eigenvalue weighted by molar-refractivity contribution is 7.99. The van der Waals surface area contributed by atoms with Crippen LogP contribution in [-0.4, -0.2) is 5.75 Å². The third-order valence-electron chi connectivity index (χ3n) is 3.76. The van der Waals surface area contributed by atoms with Gasteiger partial charge in [-0.15, -0.1) is 11.8 Å². The van der Waals surface area contributed by atoms with Crippen LogP contribution in [0, 0.1) is 24.1 Å². The number of nitrogens with zero attached hydrogens (tertiary/aromatic N) is 1. The SMILES string of the molecule is Cc1c(F)cc(C#N)cc1NC1CCSc2ccccc21. The van der Waals surface area contributed by atoms with Crippen LogP contribution in [0.5, 0.6) is 0 Å². The lowest BCUT2D eigenvalue weighted by molar-refractivity contribution is 0.617. The second-order valence-corrected chi connectivity index (χ2v) is 6.25. The van der Waals surface area contributed by atoms with E-state index >= 15 is 0 Å². The quantitative estimate of drug-likeness (QED) is 0.876. The molecule has 1 aliphatic rings. The molecule has 21 heavy (non-hydrogen) atoms. The van der Waals surface area contributed by atoms with Crippen molar-refractivity contribution in [2.24, 2.45) is 0 Å². The Morgan fingerprint density at radius 2 is 2.14 bits per heavy atom. The molecule has 0 saturated heterocycles. The zero-order valence-corrected chi connectivity index (χ0v) is 12.5. The molecule has 0 saturated carbocycles. The number of hydrogen-bond donors (Lipinski definition) is 1. The second kappa shape index (κ2) is 5.79. The number of rotatable bonds is 2. The first kappa shape index (κ1) is 14.0.